The zero-order valence-corrected chi connectivity index (χ0v) is 22.4. The first-order chi connectivity index (χ1) is 16.8. The predicted molar refractivity (Wildman–Crippen MR) is 142 cm³/mol. The van der Waals surface area contributed by atoms with Crippen molar-refractivity contribution >= 4 is 32.5 Å². The SMILES string of the molecule is COc1ccc(CNc2cc(C(O)C[As]C(C)(C)CCn3cnc4ccccc43)ccc2O)cc1. The van der Waals surface area contributed by atoms with Crippen molar-refractivity contribution in [1.29, 1.82) is 0 Å². The second-order valence-corrected chi connectivity index (χ2v) is 13.3. The molecule has 4 rings (SSSR count). The Morgan fingerprint density at radius 2 is 1.86 bits per heavy atom. The van der Waals surface area contributed by atoms with E-state index < -0.39 is 6.10 Å². The number of benzene rings is 3. The summed E-state index contributed by atoms with van der Waals surface area (Å²) < 4.78 is 7.58. The number of aliphatic hydroxyl groups is 1. The molecule has 0 saturated heterocycles. The third kappa shape index (κ3) is 6.59. The van der Waals surface area contributed by atoms with Gasteiger partial charge in [0.25, 0.3) is 0 Å². The molecule has 3 N–H and O–H groups in total. The molecular weight excluding hydrogens is 501 g/mol. The van der Waals surface area contributed by atoms with Crippen LogP contribution in [0.3, 0.4) is 0 Å². The number of para-hydroxylation sites is 2. The fourth-order valence-corrected chi connectivity index (χ4v) is 6.33. The molecule has 0 aliphatic carbocycles. The Hall–Kier alpha value is -2.95. The Balaban J connectivity index is 1.32. The van der Waals surface area contributed by atoms with Crippen LogP contribution in [0.5, 0.6) is 11.5 Å². The van der Waals surface area contributed by atoms with Crippen LogP contribution in [-0.4, -0.2) is 42.6 Å². The number of aliphatic hydroxyl groups excluding tert-OH is 1. The number of aromatic nitrogens is 2. The van der Waals surface area contributed by atoms with Crippen LogP contribution in [0.15, 0.2) is 73.1 Å². The zero-order chi connectivity index (χ0) is 24.8. The first-order valence-electron chi connectivity index (χ1n) is 11.8. The van der Waals surface area contributed by atoms with Crippen LogP contribution in [-0.2, 0) is 13.1 Å². The van der Waals surface area contributed by atoms with Gasteiger partial charge in [0.05, 0.1) is 7.11 Å². The van der Waals surface area contributed by atoms with Crippen molar-refractivity contribution in [2.75, 3.05) is 12.4 Å². The van der Waals surface area contributed by atoms with E-state index in [0.29, 0.717) is 12.2 Å². The van der Waals surface area contributed by atoms with E-state index in [1.54, 1.807) is 13.2 Å². The van der Waals surface area contributed by atoms with Gasteiger partial charge in [-0.3, -0.25) is 0 Å². The molecule has 0 aliphatic rings. The minimum atomic E-state index is -0.550. The number of rotatable bonds is 11. The summed E-state index contributed by atoms with van der Waals surface area (Å²) in [6.07, 6.45) is 2.40. The molecule has 3 aromatic carbocycles. The molecule has 0 spiro atoms. The van der Waals surface area contributed by atoms with Crippen LogP contribution >= 0.6 is 0 Å². The number of hydrogen-bond donors (Lipinski definition) is 3. The predicted octanol–water partition coefficient (Wildman–Crippen LogP) is 5.81. The molecule has 4 aromatic rings. The summed E-state index contributed by atoms with van der Waals surface area (Å²) in [6.45, 7) is 6.06. The van der Waals surface area contributed by atoms with Crippen LogP contribution in [0.1, 0.15) is 37.5 Å². The zero-order valence-electron chi connectivity index (χ0n) is 20.5. The van der Waals surface area contributed by atoms with Crippen molar-refractivity contribution in [2.24, 2.45) is 0 Å². The van der Waals surface area contributed by atoms with E-state index in [4.69, 9.17) is 4.74 Å². The molecule has 7 heteroatoms. The third-order valence-electron chi connectivity index (χ3n) is 6.23. The Labute approximate surface area is 213 Å². The molecule has 183 valence electrons. The van der Waals surface area contributed by atoms with Crippen LogP contribution in [0.25, 0.3) is 11.0 Å². The van der Waals surface area contributed by atoms with Gasteiger partial charge in [0, 0.05) is 0 Å². The molecular formula is C28H33AsN3O3. The average Bonchev–Trinajstić information content (AvgIpc) is 3.29. The van der Waals surface area contributed by atoms with Gasteiger partial charge in [0.1, 0.15) is 0 Å². The fraction of sp³-hybridized carbons (Fsp3) is 0.321. The molecule has 35 heavy (non-hydrogen) atoms. The molecule has 0 aliphatic heterocycles. The van der Waals surface area contributed by atoms with Crippen molar-refractivity contribution in [3.8, 4) is 11.5 Å². The van der Waals surface area contributed by atoms with Gasteiger partial charge >= 0.3 is 207 Å². The summed E-state index contributed by atoms with van der Waals surface area (Å²) in [6, 6.07) is 21.3. The van der Waals surface area contributed by atoms with E-state index in [-0.39, 0.29) is 25.7 Å². The maximum atomic E-state index is 10.9. The summed E-state index contributed by atoms with van der Waals surface area (Å²) in [4.78, 5) is 4.49. The van der Waals surface area contributed by atoms with Gasteiger partial charge in [-0.05, 0) is 0 Å². The number of nitrogens with zero attached hydrogens (tertiary/aromatic N) is 2. The number of phenols is 1. The molecule has 6 nitrogen and oxygen atoms in total. The maximum absolute atomic E-state index is 10.9. The first-order valence-corrected chi connectivity index (χ1v) is 14.1. The van der Waals surface area contributed by atoms with Gasteiger partial charge in [-0.25, -0.2) is 0 Å². The molecule has 1 atom stereocenters. The van der Waals surface area contributed by atoms with Crippen molar-refractivity contribution in [1.82, 2.24) is 9.55 Å². The number of hydrogen-bond acceptors (Lipinski definition) is 5. The summed E-state index contributed by atoms with van der Waals surface area (Å²) in [5.74, 6) is 0.987. The molecule has 0 bridgehead atoms. The Morgan fingerprint density at radius 1 is 1.09 bits per heavy atom. The summed E-state index contributed by atoms with van der Waals surface area (Å²) in [7, 11) is 1.65. The minimum absolute atomic E-state index is 0.0923. The van der Waals surface area contributed by atoms with E-state index in [2.05, 4.69) is 34.8 Å². The van der Waals surface area contributed by atoms with Gasteiger partial charge < -0.3 is 0 Å². The monoisotopic (exact) mass is 534 g/mol. The van der Waals surface area contributed by atoms with Gasteiger partial charge in [-0.1, -0.05) is 0 Å². The number of ether oxygens (including phenoxy) is 1. The fourth-order valence-electron chi connectivity index (χ4n) is 3.94. The van der Waals surface area contributed by atoms with Crippen molar-refractivity contribution in [3.63, 3.8) is 0 Å². The number of phenolic OH excluding ortho intramolecular Hbond substituents is 1. The van der Waals surface area contributed by atoms with Gasteiger partial charge in [-0.2, -0.15) is 0 Å². The van der Waals surface area contributed by atoms with Crippen LogP contribution in [0.4, 0.5) is 5.69 Å². The second-order valence-electron chi connectivity index (χ2n) is 9.32. The Morgan fingerprint density at radius 3 is 2.63 bits per heavy atom. The number of aryl methyl sites for hydroxylation is 1. The van der Waals surface area contributed by atoms with Gasteiger partial charge in [-0.15, -0.1) is 0 Å². The molecule has 1 aromatic heterocycles. The van der Waals surface area contributed by atoms with Crippen molar-refractivity contribution < 1.29 is 14.9 Å². The Bertz CT molecular complexity index is 1250. The normalized spacial score (nSPS) is 12.9. The molecule has 1 unspecified atom stereocenters. The van der Waals surface area contributed by atoms with Crippen LogP contribution in [0, 0.1) is 0 Å². The van der Waals surface area contributed by atoms with Crippen molar-refractivity contribution in [2.45, 2.75) is 48.9 Å². The van der Waals surface area contributed by atoms with Gasteiger partial charge in [0.15, 0.2) is 0 Å². The van der Waals surface area contributed by atoms with Crippen LogP contribution < -0.4 is 10.1 Å². The first kappa shape index (κ1) is 25.2. The summed E-state index contributed by atoms with van der Waals surface area (Å²) in [5.41, 5.74) is 4.72. The molecule has 0 fully saturated rings. The Kier molecular flexibility index (Phi) is 8.04. The third-order valence-corrected chi connectivity index (χ3v) is 9.61. The van der Waals surface area contributed by atoms with Crippen LogP contribution in [0.2, 0.25) is 9.41 Å². The standard InChI is InChI=1S/C28H33AsN3O3/c1-28(2,14-15-32-19-31-23-6-4-5-7-25(23)32)29-17-27(34)21-10-13-26(33)24(16-21)30-18-20-8-11-22(35-3)12-9-20/h4-13,16,19,27,30,33-34H,14-15,17-18H2,1-3H3. The average molecular weight is 535 g/mol. The van der Waals surface area contributed by atoms with Gasteiger partial charge in [0.2, 0.25) is 0 Å². The summed E-state index contributed by atoms with van der Waals surface area (Å²) in [5, 5.41) is 25.3. The second kappa shape index (κ2) is 11.2. The molecule has 0 saturated carbocycles. The number of aromatic hydroxyl groups is 1. The number of nitrogens with one attached hydrogen (secondary N) is 1. The number of fused-ring (bicyclic) bond motifs is 1. The topological polar surface area (TPSA) is 79.5 Å². The van der Waals surface area contributed by atoms with E-state index in [1.165, 1.54) is 5.52 Å². The summed E-state index contributed by atoms with van der Waals surface area (Å²) >= 11 is -0.0923. The quantitative estimate of drug-likeness (QED) is 0.167. The van der Waals surface area contributed by atoms with Crippen molar-refractivity contribution in [3.05, 3.63) is 84.2 Å². The van der Waals surface area contributed by atoms with E-state index >= 15 is 0 Å². The molecule has 0 amide bonds. The molecule has 1 heterocycles. The number of methoxy groups -OCH3 is 1. The number of anilines is 1. The van der Waals surface area contributed by atoms with E-state index in [1.807, 2.05) is 60.9 Å². The van der Waals surface area contributed by atoms with E-state index in [9.17, 15) is 10.2 Å². The number of imidazole rings is 1. The van der Waals surface area contributed by atoms with E-state index in [0.717, 1.165) is 40.6 Å². The molecule has 1 radical (unpaired) electrons.